The monoisotopic (exact) mass is 532 g/mol. The Morgan fingerprint density at radius 2 is 2.17 bits per heavy atom. The third-order valence-corrected chi connectivity index (χ3v) is 9.12. The highest BCUT2D eigenvalue weighted by Crippen LogP contribution is 2.46. The second kappa shape index (κ2) is 11.2. The molecule has 0 amide bonds. The van der Waals surface area contributed by atoms with Crippen LogP contribution >= 0.6 is 22.5 Å². The van der Waals surface area contributed by atoms with E-state index in [4.69, 9.17) is 25.5 Å². The minimum atomic E-state index is -0.746. The fraction of sp³-hybridized carbons (Fsp3) is 0.333. The molecule has 2 aromatic heterocycles. The topological polar surface area (TPSA) is 57.4 Å². The van der Waals surface area contributed by atoms with E-state index in [0.29, 0.717) is 27.7 Å². The normalized spacial score (nSPS) is 20.6. The van der Waals surface area contributed by atoms with Crippen LogP contribution in [0.4, 0.5) is 8.78 Å². The largest absolute Gasteiger partial charge is 0.470 e. The first-order chi connectivity index (χ1) is 17.5. The number of rotatable bonds is 9. The molecule has 36 heavy (non-hydrogen) atoms. The smallest absolute Gasteiger partial charge is 0.278 e. The van der Waals surface area contributed by atoms with Crippen molar-refractivity contribution in [2.45, 2.75) is 32.3 Å². The summed E-state index contributed by atoms with van der Waals surface area (Å²) in [5.41, 5.74) is 1.81. The Kier molecular flexibility index (Phi) is 7.74. The van der Waals surface area contributed by atoms with Crippen molar-refractivity contribution in [2.24, 2.45) is 5.92 Å². The molecule has 190 valence electrons. The number of ether oxygens (including phenoxy) is 2. The summed E-state index contributed by atoms with van der Waals surface area (Å²) in [6.45, 7) is 0.736. The molecule has 1 aliphatic heterocycles. The van der Waals surface area contributed by atoms with Gasteiger partial charge in [0.05, 0.1) is 17.8 Å². The number of aromatic nitrogens is 2. The van der Waals surface area contributed by atoms with E-state index in [0.717, 1.165) is 49.8 Å². The van der Waals surface area contributed by atoms with Crippen LogP contribution in [-0.2, 0) is 11.3 Å². The molecule has 0 saturated carbocycles. The van der Waals surface area contributed by atoms with Crippen LogP contribution in [0.15, 0.2) is 57.4 Å². The summed E-state index contributed by atoms with van der Waals surface area (Å²) >= 11 is 6.11. The Morgan fingerprint density at radius 3 is 2.97 bits per heavy atom. The Bertz CT molecular complexity index is 1350. The Hall–Kier alpha value is -2.68. The molecule has 3 aromatic rings. The van der Waals surface area contributed by atoms with Crippen LogP contribution in [-0.4, -0.2) is 29.4 Å². The minimum absolute atomic E-state index is 0.0513. The summed E-state index contributed by atoms with van der Waals surface area (Å²) in [6.07, 6.45) is 11.6. The third kappa shape index (κ3) is 5.51. The van der Waals surface area contributed by atoms with Gasteiger partial charge in [-0.25, -0.2) is 15.9 Å². The summed E-state index contributed by atoms with van der Waals surface area (Å²) in [7, 11) is 1.53. The van der Waals surface area contributed by atoms with Crippen molar-refractivity contribution >= 4 is 39.0 Å². The van der Waals surface area contributed by atoms with Gasteiger partial charge in [0.1, 0.15) is 12.2 Å². The third-order valence-electron chi connectivity index (χ3n) is 6.52. The Balaban J connectivity index is 1.24. The molecule has 0 saturated heterocycles. The Labute approximate surface area is 216 Å². The van der Waals surface area contributed by atoms with E-state index in [9.17, 15) is 8.78 Å². The van der Waals surface area contributed by atoms with Gasteiger partial charge in [0.2, 0.25) is 5.82 Å². The maximum Gasteiger partial charge on any atom is 0.278 e. The number of fused-ring (bicyclic) bond motifs is 1. The zero-order chi connectivity index (χ0) is 25.1. The van der Waals surface area contributed by atoms with Gasteiger partial charge in [-0.3, -0.25) is 0 Å². The molecular weight excluding hydrogens is 506 g/mol. The number of thiol groups is 1. The average Bonchev–Trinajstić information content (AvgIpc) is 3.50. The molecule has 0 N–H and O–H groups in total. The van der Waals surface area contributed by atoms with Gasteiger partial charge in [0, 0.05) is 29.9 Å². The second-order valence-electron chi connectivity index (χ2n) is 8.89. The number of nitrogens with zero attached hydrogens (tertiary/aromatic N) is 2. The van der Waals surface area contributed by atoms with Gasteiger partial charge < -0.3 is 13.9 Å². The molecule has 0 radical (unpaired) electrons. The first kappa shape index (κ1) is 25.0. The predicted molar refractivity (Wildman–Crippen MR) is 140 cm³/mol. The molecule has 1 aliphatic carbocycles. The fourth-order valence-electron chi connectivity index (χ4n) is 4.60. The van der Waals surface area contributed by atoms with Crippen LogP contribution < -0.4 is 4.74 Å². The summed E-state index contributed by atoms with van der Waals surface area (Å²) < 4.78 is 44.1. The van der Waals surface area contributed by atoms with Crippen LogP contribution in [0.5, 0.6) is 5.88 Å². The van der Waals surface area contributed by atoms with E-state index in [1.165, 1.54) is 11.0 Å². The molecule has 2 unspecified atom stereocenters. The molecule has 0 fully saturated rings. The van der Waals surface area contributed by atoms with E-state index in [2.05, 4.69) is 33.6 Å². The number of allylic oxidation sites excluding steroid dienone is 5. The van der Waals surface area contributed by atoms with Crippen LogP contribution in [0.3, 0.4) is 0 Å². The number of halogens is 3. The number of hydrogen-bond acceptors (Lipinski definition) is 5. The lowest BCUT2D eigenvalue weighted by molar-refractivity contribution is 0.218. The molecule has 3 heterocycles. The Morgan fingerprint density at radius 1 is 1.28 bits per heavy atom. The predicted octanol–water partition coefficient (Wildman–Crippen LogP) is 7.37. The van der Waals surface area contributed by atoms with Crippen molar-refractivity contribution < 1.29 is 22.7 Å². The standard InChI is InChI=1S/C27H27ClF2N2O3S/c1-33-10-12-36-11-2-3-20(36)13-17-4-6-18(7-5-17)26-31-15-23(29)27(32-26)34-16-19-8-9-22(28)21-14-24(30)35-25(19)21/h2-3,6,8-9,11,14-15,17,36H,4-5,7,10,12-13,16H2,1H3. The van der Waals surface area contributed by atoms with Crippen molar-refractivity contribution in [2.75, 3.05) is 19.5 Å². The number of methoxy groups -OCH3 is 1. The van der Waals surface area contributed by atoms with Gasteiger partial charge in [0.25, 0.3) is 11.9 Å². The SMILES string of the molecule is COCC[SH]1C=CC=C1CC1CC=C(c2ncc(F)c(OCc3ccc(Cl)c4cc(F)oc34)n2)CC1. The summed E-state index contributed by atoms with van der Waals surface area (Å²) in [4.78, 5) is 10.1. The summed E-state index contributed by atoms with van der Waals surface area (Å²) in [5.74, 6) is 1.31. The van der Waals surface area contributed by atoms with Crippen LogP contribution in [0.25, 0.3) is 16.5 Å². The summed E-state index contributed by atoms with van der Waals surface area (Å²) in [5, 5.41) is 3.13. The maximum atomic E-state index is 14.4. The van der Waals surface area contributed by atoms with Crippen LogP contribution in [0.2, 0.25) is 5.02 Å². The highest BCUT2D eigenvalue weighted by molar-refractivity contribution is 8.23. The van der Waals surface area contributed by atoms with Gasteiger partial charge >= 0.3 is 0 Å². The number of furan rings is 1. The molecule has 5 nitrogen and oxygen atoms in total. The highest BCUT2D eigenvalue weighted by atomic mass is 35.5. The van der Waals surface area contributed by atoms with Crippen LogP contribution in [0, 0.1) is 17.7 Å². The van der Waals surface area contributed by atoms with Gasteiger partial charge in [-0.15, -0.1) is 0 Å². The van der Waals surface area contributed by atoms with Crippen molar-refractivity contribution in [3.63, 3.8) is 0 Å². The van der Waals surface area contributed by atoms with Crippen molar-refractivity contribution in [3.8, 4) is 5.88 Å². The molecule has 2 atom stereocenters. The van der Waals surface area contributed by atoms with Gasteiger partial charge in [0.15, 0.2) is 5.82 Å². The molecule has 2 aliphatic rings. The lowest BCUT2D eigenvalue weighted by Gasteiger charge is -2.25. The summed E-state index contributed by atoms with van der Waals surface area (Å²) in [6, 6.07) is 3.76. The average molecular weight is 533 g/mol. The number of hydrogen-bond donors (Lipinski definition) is 1. The van der Waals surface area contributed by atoms with E-state index < -0.39 is 11.8 Å². The molecule has 0 bridgehead atoms. The molecule has 9 heteroatoms. The lowest BCUT2D eigenvalue weighted by atomic mass is 9.87. The van der Waals surface area contributed by atoms with Crippen molar-refractivity contribution in [3.05, 3.63) is 81.2 Å². The van der Waals surface area contributed by atoms with Crippen molar-refractivity contribution in [1.29, 1.82) is 0 Å². The molecule has 1 aromatic carbocycles. The quantitative estimate of drug-likeness (QED) is 0.292. The first-order valence-corrected chi connectivity index (χ1v) is 13.8. The van der Waals surface area contributed by atoms with E-state index in [-0.39, 0.29) is 29.0 Å². The van der Waals surface area contributed by atoms with Crippen molar-refractivity contribution in [1.82, 2.24) is 9.97 Å². The highest BCUT2D eigenvalue weighted by Gasteiger charge is 2.22. The van der Waals surface area contributed by atoms with E-state index >= 15 is 0 Å². The molecule has 0 spiro atoms. The fourth-order valence-corrected chi connectivity index (χ4v) is 6.87. The van der Waals surface area contributed by atoms with E-state index in [1.54, 1.807) is 19.2 Å². The molecular formula is C27H27ClF2N2O3S. The minimum Gasteiger partial charge on any atom is -0.470 e. The molecule has 5 rings (SSSR count). The zero-order valence-electron chi connectivity index (χ0n) is 19.8. The first-order valence-electron chi connectivity index (χ1n) is 11.9. The second-order valence-corrected chi connectivity index (χ2v) is 11.6. The zero-order valence-corrected chi connectivity index (χ0v) is 21.5. The van der Waals surface area contributed by atoms with Gasteiger partial charge in [-0.05, 0) is 53.6 Å². The van der Waals surface area contributed by atoms with Gasteiger partial charge in [-0.2, -0.15) is 13.8 Å². The maximum absolute atomic E-state index is 14.4. The van der Waals surface area contributed by atoms with E-state index in [1.807, 2.05) is 0 Å². The van der Waals surface area contributed by atoms with Gasteiger partial charge in [-0.1, -0.05) is 35.9 Å². The number of benzene rings is 1. The van der Waals surface area contributed by atoms with Crippen LogP contribution in [0.1, 0.15) is 37.1 Å². The lowest BCUT2D eigenvalue weighted by Crippen LogP contribution is -2.10.